The van der Waals surface area contributed by atoms with E-state index in [2.05, 4.69) is 24.4 Å². The van der Waals surface area contributed by atoms with Crippen LogP contribution in [0.1, 0.15) is 57.1 Å². The van der Waals surface area contributed by atoms with Gasteiger partial charge in [0, 0.05) is 6.54 Å². The number of methoxy groups -OCH3 is 1. The molecule has 0 aromatic heterocycles. The zero-order chi connectivity index (χ0) is 14.9. The molecule has 0 heterocycles. The van der Waals surface area contributed by atoms with Crippen LogP contribution in [0.15, 0.2) is 24.3 Å². The molecule has 21 heavy (non-hydrogen) atoms. The molecule has 1 unspecified atom stereocenters. The highest BCUT2D eigenvalue weighted by Gasteiger charge is 2.20. The van der Waals surface area contributed by atoms with Crippen molar-refractivity contribution in [1.82, 2.24) is 5.32 Å². The molecule has 1 saturated carbocycles. The van der Waals surface area contributed by atoms with E-state index in [0.29, 0.717) is 6.10 Å². The summed E-state index contributed by atoms with van der Waals surface area (Å²) in [5.74, 6) is 0.903. The van der Waals surface area contributed by atoms with Gasteiger partial charge in [-0.2, -0.15) is 0 Å². The van der Waals surface area contributed by atoms with Gasteiger partial charge in [-0.05, 0) is 43.5 Å². The molecule has 3 nitrogen and oxygen atoms in total. The Balaban J connectivity index is 2.02. The van der Waals surface area contributed by atoms with Crippen LogP contribution in [0.5, 0.6) is 5.75 Å². The zero-order valence-electron chi connectivity index (χ0n) is 13.4. The van der Waals surface area contributed by atoms with E-state index < -0.39 is 0 Å². The van der Waals surface area contributed by atoms with Gasteiger partial charge in [0.15, 0.2) is 0 Å². The minimum atomic E-state index is 0.120. The predicted octanol–water partition coefficient (Wildman–Crippen LogP) is 4.09. The predicted molar refractivity (Wildman–Crippen MR) is 86.9 cm³/mol. The molecule has 1 atom stereocenters. The maximum absolute atomic E-state index is 6.41. The molecule has 3 heteroatoms. The lowest BCUT2D eigenvalue weighted by Crippen LogP contribution is -2.28. The summed E-state index contributed by atoms with van der Waals surface area (Å²) in [4.78, 5) is 0. The first-order valence-corrected chi connectivity index (χ1v) is 8.33. The third kappa shape index (κ3) is 5.33. The summed E-state index contributed by atoms with van der Waals surface area (Å²) < 4.78 is 11.8. The SMILES string of the molecule is CCCNCC(OC1CCCCC1)c1cccc(OC)c1. The lowest BCUT2D eigenvalue weighted by Gasteiger charge is -2.28. The third-order valence-electron chi connectivity index (χ3n) is 4.13. The molecule has 1 aliphatic carbocycles. The molecule has 0 aliphatic heterocycles. The molecule has 2 rings (SSSR count). The molecule has 0 bridgehead atoms. The van der Waals surface area contributed by atoms with Crippen LogP contribution in [0.25, 0.3) is 0 Å². The first-order chi connectivity index (χ1) is 10.3. The highest BCUT2D eigenvalue weighted by Crippen LogP contribution is 2.28. The summed E-state index contributed by atoms with van der Waals surface area (Å²) in [6.07, 6.45) is 8.05. The second-order valence-corrected chi connectivity index (χ2v) is 5.87. The Morgan fingerprint density at radius 2 is 2.05 bits per heavy atom. The molecule has 1 aliphatic rings. The van der Waals surface area contributed by atoms with Crippen LogP contribution in [-0.4, -0.2) is 26.3 Å². The monoisotopic (exact) mass is 291 g/mol. The van der Waals surface area contributed by atoms with Crippen molar-refractivity contribution in [3.63, 3.8) is 0 Å². The smallest absolute Gasteiger partial charge is 0.119 e. The van der Waals surface area contributed by atoms with Gasteiger partial charge >= 0.3 is 0 Å². The number of hydrogen-bond donors (Lipinski definition) is 1. The molecule has 1 aromatic carbocycles. The van der Waals surface area contributed by atoms with E-state index in [1.54, 1.807) is 7.11 Å². The third-order valence-corrected chi connectivity index (χ3v) is 4.13. The maximum atomic E-state index is 6.41. The van der Waals surface area contributed by atoms with E-state index in [1.807, 2.05) is 12.1 Å². The second-order valence-electron chi connectivity index (χ2n) is 5.87. The van der Waals surface area contributed by atoms with Crippen LogP contribution < -0.4 is 10.1 Å². The average molecular weight is 291 g/mol. The van der Waals surface area contributed by atoms with Crippen molar-refractivity contribution in [1.29, 1.82) is 0 Å². The molecule has 0 spiro atoms. The number of rotatable bonds is 8. The van der Waals surface area contributed by atoms with Crippen molar-refractivity contribution in [2.24, 2.45) is 0 Å². The topological polar surface area (TPSA) is 30.5 Å². The highest BCUT2D eigenvalue weighted by molar-refractivity contribution is 5.30. The molecular weight excluding hydrogens is 262 g/mol. The molecule has 1 aromatic rings. The van der Waals surface area contributed by atoms with Gasteiger partial charge in [0.25, 0.3) is 0 Å². The number of nitrogens with one attached hydrogen (secondary N) is 1. The summed E-state index contributed by atoms with van der Waals surface area (Å²) in [5.41, 5.74) is 1.21. The summed E-state index contributed by atoms with van der Waals surface area (Å²) in [6.45, 7) is 4.10. The van der Waals surface area contributed by atoms with Crippen molar-refractivity contribution >= 4 is 0 Å². The lowest BCUT2D eigenvalue weighted by atomic mass is 9.97. The van der Waals surface area contributed by atoms with Gasteiger partial charge < -0.3 is 14.8 Å². The number of hydrogen-bond acceptors (Lipinski definition) is 3. The van der Waals surface area contributed by atoms with E-state index >= 15 is 0 Å². The van der Waals surface area contributed by atoms with Crippen LogP contribution in [0, 0.1) is 0 Å². The van der Waals surface area contributed by atoms with Gasteiger partial charge in [0.05, 0.1) is 19.3 Å². The van der Waals surface area contributed by atoms with Crippen molar-refractivity contribution in [3.8, 4) is 5.75 Å². The van der Waals surface area contributed by atoms with Gasteiger partial charge in [0.2, 0.25) is 0 Å². The van der Waals surface area contributed by atoms with Crippen molar-refractivity contribution in [2.45, 2.75) is 57.7 Å². The standard InChI is InChI=1S/C18H29NO2/c1-3-12-19-14-18(21-16-9-5-4-6-10-16)15-8-7-11-17(13-15)20-2/h7-8,11,13,16,18-19H,3-6,9-10,12,14H2,1-2H3. The molecule has 1 fully saturated rings. The average Bonchev–Trinajstić information content (AvgIpc) is 2.55. The van der Waals surface area contributed by atoms with E-state index in [0.717, 1.165) is 25.3 Å². The fraction of sp³-hybridized carbons (Fsp3) is 0.667. The van der Waals surface area contributed by atoms with Gasteiger partial charge in [-0.1, -0.05) is 38.3 Å². The van der Waals surface area contributed by atoms with E-state index in [9.17, 15) is 0 Å². The quantitative estimate of drug-likeness (QED) is 0.732. The van der Waals surface area contributed by atoms with Gasteiger partial charge in [-0.3, -0.25) is 0 Å². The molecule has 118 valence electrons. The maximum Gasteiger partial charge on any atom is 0.119 e. The van der Waals surface area contributed by atoms with Gasteiger partial charge in [-0.25, -0.2) is 0 Å². The fourth-order valence-corrected chi connectivity index (χ4v) is 2.93. The first-order valence-electron chi connectivity index (χ1n) is 8.33. The zero-order valence-corrected chi connectivity index (χ0v) is 13.4. The summed E-state index contributed by atoms with van der Waals surface area (Å²) in [6, 6.07) is 8.27. The van der Waals surface area contributed by atoms with Crippen LogP contribution in [0.4, 0.5) is 0 Å². The highest BCUT2D eigenvalue weighted by atomic mass is 16.5. The Hall–Kier alpha value is -1.06. The fourth-order valence-electron chi connectivity index (χ4n) is 2.93. The Labute approximate surface area is 129 Å². The van der Waals surface area contributed by atoms with Gasteiger partial charge in [-0.15, -0.1) is 0 Å². The summed E-state index contributed by atoms with van der Waals surface area (Å²) >= 11 is 0. The molecular formula is C18H29NO2. The first kappa shape index (κ1) is 16.3. The van der Waals surface area contributed by atoms with Crippen LogP contribution in [0.3, 0.4) is 0 Å². The number of ether oxygens (including phenoxy) is 2. The Morgan fingerprint density at radius 1 is 1.24 bits per heavy atom. The Morgan fingerprint density at radius 3 is 2.76 bits per heavy atom. The largest absolute Gasteiger partial charge is 0.497 e. The van der Waals surface area contributed by atoms with Crippen LogP contribution >= 0.6 is 0 Å². The van der Waals surface area contributed by atoms with Crippen LogP contribution in [-0.2, 0) is 4.74 Å². The summed E-state index contributed by atoms with van der Waals surface area (Å²) in [7, 11) is 1.71. The second kappa shape index (κ2) is 9.06. The van der Waals surface area contributed by atoms with Gasteiger partial charge in [0.1, 0.15) is 5.75 Å². The van der Waals surface area contributed by atoms with Crippen molar-refractivity contribution in [2.75, 3.05) is 20.2 Å². The summed E-state index contributed by atoms with van der Waals surface area (Å²) in [5, 5.41) is 3.49. The van der Waals surface area contributed by atoms with Crippen LogP contribution in [0.2, 0.25) is 0 Å². The molecule has 1 N–H and O–H groups in total. The Bertz CT molecular complexity index is 402. The van der Waals surface area contributed by atoms with E-state index in [-0.39, 0.29) is 6.10 Å². The molecule has 0 radical (unpaired) electrons. The molecule has 0 saturated heterocycles. The van der Waals surface area contributed by atoms with E-state index in [1.165, 1.54) is 37.7 Å². The lowest BCUT2D eigenvalue weighted by molar-refractivity contribution is -0.0305. The Kier molecular flexibility index (Phi) is 7.04. The normalized spacial score (nSPS) is 17.6. The van der Waals surface area contributed by atoms with Crippen molar-refractivity contribution in [3.05, 3.63) is 29.8 Å². The minimum absolute atomic E-state index is 0.120. The number of benzene rings is 1. The minimum Gasteiger partial charge on any atom is -0.497 e. The molecule has 0 amide bonds. The van der Waals surface area contributed by atoms with E-state index in [4.69, 9.17) is 9.47 Å². The van der Waals surface area contributed by atoms with Crippen molar-refractivity contribution < 1.29 is 9.47 Å².